The van der Waals surface area contributed by atoms with Crippen LogP contribution in [0, 0.1) is 25.5 Å². The molecule has 0 atom stereocenters. The molecular weight excluding hydrogens is 246 g/mol. The average molecular weight is 262 g/mol. The van der Waals surface area contributed by atoms with E-state index in [4.69, 9.17) is 5.84 Å². The van der Waals surface area contributed by atoms with Crippen molar-refractivity contribution in [2.75, 3.05) is 0 Å². The van der Waals surface area contributed by atoms with Gasteiger partial charge in [-0.2, -0.15) is 0 Å². The van der Waals surface area contributed by atoms with Crippen molar-refractivity contribution in [3.63, 3.8) is 0 Å². The van der Waals surface area contributed by atoms with Gasteiger partial charge in [-0.25, -0.2) is 14.2 Å². The summed E-state index contributed by atoms with van der Waals surface area (Å²) in [6, 6.07) is 8.69. The van der Waals surface area contributed by atoms with Crippen molar-refractivity contribution in [2.45, 2.75) is 19.9 Å². The van der Waals surface area contributed by atoms with Crippen LogP contribution in [-0.2, 0) is 0 Å². The van der Waals surface area contributed by atoms with Crippen molar-refractivity contribution in [2.24, 2.45) is 5.84 Å². The number of halogens is 2. The highest BCUT2D eigenvalue weighted by atomic mass is 19.1. The summed E-state index contributed by atoms with van der Waals surface area (Å²) < 4.78 is 27.8. The van der Waals surface area contributed by atoms with E-state index in [2.05, 4.69) is 5.43 Å². The minimum atomic E-state index is -0.709. The van der Waals surface area contributed by atoms with Gasteiger partial charge in [-0.15, -0.1) is 0 Å². The fourth-order valence-electron chi connectivity index (χ4n) is 2.12. The quantitative estimate of drug-likeness (QED) is 0.658. The Morgan fingerprint density at radius 1 is 0.895 bits per heavy atom. The van der Waals surface area contributed by atoms with Gasteiger partial charge in [0.15, 0.2) is 0 Å². The molecule has 2 aromatic carbocycles. The topological polar surface area (TPSA) is 38.0 Å². The maximum absolute atomic E-state index is 13.9. The van der Waals surface area contributed by atoms with E-state index >= 15 is 0 Å². The molecule has 0 aliphatic rings. The van der Waals surface area contributed by atoms with Crippen molar-refractivity contribution in [1.82, 2.24) is 5.43 Å². The summed E-state index contributed by atoms with van der Waals surface area (Å²) in [6.45, 7) is 3.70. The van der Waals surface area contributed by atoms with E-state index in [9.17, 15) is 8.78 Å². The largest absolute Gasteiger partial charge is 0.271 e. The van der Waals surface area contributed by atoms with Crippen LogP contribution < -0.4 is 11.3 Å². The van der Waals surface area contributed by atoms with E-state index < -0.39 is 17.7 Å². The first-order valence-electron chi connectivity index (χ1n) is 6.01. The van der Waals surface area contributed by atoms with E-state index in [1.807, 2.05) is 13.8 Å². The molecule has 0 saturated carbocycles. The molecule has 0 aliphatic heterocycles. The summed E-state index contributed by atoms with van der Waals surface area (Å²) >= 11 is 0. The summed E-state index contributed by atoms with van der Waals surface area (Å²) in [4.78, 5) is 0. The summed E-state index contributed by atoms with van der Waals surface area (Å²) in [6.07, 6.45) is 0. The third-order valence-corrected chi connectivity index (χ3v) is 3.09. The molecule has 0 heterocycles. The summed E-state index contributed by atoms with van der Waals surface area (Å²) in [7, 11) is 0. The molecule has 2 rings (SSSR count). The van der Waals surface area contributed by atoms with Gasteiger partial charge >= 0.3 is 0 Å². The minimum Gasteiger partial charge on any atom is -0.271 e. The van der Waals surface area contributed by atoms with E-state index in [0.717, 1.165) is 11.1 Å². The monoisotopic (exact) mass is 262 g/mol. The molecule has 3 N–H and O–H groups in total. The lowest BCUT2D eigenvalue weighted by atomic mass is 9.95. The standard InChI is InChI=1S/C15H16F2N2/c1-9-3-5-13(16)11(7-9)15(19-18)12-8-10(2)4-6-14(12)17/h3-8,15,19H,18H2,1-2H3. The number of hydrogen-bond donors (Lipinski definition) is 2. The van der Waals surface area contributed by atoms with Gasteiger partial charge in [0.1, 0.15) is 11.6 Å². The molecule has 0 saturated heterocycles. The van der Waals surface area contributed by atoms with Gasteiger partial charge in [0.05, 0.1) is 6.04 Å². The van der Waals surface area contributed by atoms with E-state index in [1.54, 1.807) is 24.3 Å². The third-order valence-electron chi connectivity index (χ3n) is 3.09. The molecule has 0 aromatic heterocycles. The van der Waals surface area contributed by atoms with Crippen LogP contribution >= 0.6 is 0 Å². The third kappa shape index (κ3) is 2.80. The van der Waals surface area contributed by atoms with Crippen LogP contribution in [0.1, 0.15) is 28.3 Å². The Labute approximate surface area is 111 Å². The van der Waals surface area contributed by atoms with Gasteiger partial charge < -0.3 is 0 Å². The summed E-state index contributed by atoms with van der Waals surface area (Å²) in [5, 5.41) is 0. The van der Waals surface area contributed by atoms with E-state index in [-0.39, 0.29) is 0 Å². The highest BCUT2D eigenvalue weighted by molar-refractivity contribution is 5.37. The van der Waals surface area contributed by atoms with Crippen molar-refractivity contribution < 1.29 is 8.78 Å². The fourth-order valence-corrected chi connectivity index (χ4v) is 2.12. The minimum absolute atomic E-state index is 0.340. The second kappa shape index (κ2) is 5.47. The van der Waals surface area contributed by atoms with Gasteiger partial charge in [-0.3, -0.25) is 5.84 Å². The highest BCUT2D eigenvalue weighted by Crippen LogP contribution is 2.27. The molecule has 0 aliphatic carbocycles. The molecule has 4 heteroatoms. The first-order valence-corrected chi connectivity index (χ1v) is 6.01. The number of hydrogen-bond acceptors (Lipinski definition) is 2. The lowest BCUT2D eigenvalue weighted by Crippen LogP contribution is -2.30. The van der Waals surface area contributed by atoms with Crippen LogP contribution in [0.4, 0.5) is 8.78 Å². The molecule has 2 aromatic rings. The Kier molecular flexibility index (Phi) is 3.93. The number of hydrazine groups is 1. The molecule has 0 amide bonds. The highest BCUT2D eigenvalue weighted by Gasteiger charge is 2.20. The number of benzene rings is 2. The number of rotatable bonds is 3. The molecule has 0 bridgehead atoms. The van der Waals surface area contributed by atoms with Gasteiger partial charge in [-0.1, -0.05) is 35.4 Å². The molecule has 0 spiro atoms. The number of nitrogens with one attached hydrogen (secondary N) is 1. The molecule has 0 radical (unpaired) electrons. The maximum atomic E-state index is 13.9. The zero-order valence-electron chi connectivity index (χ0n) is 10.9. The van der Waals surface area contributed by atoms with Crippen LogP contribution in [0.25, 0.3) is 0 Å². The zero-order chi connectivity index (χ0) is 14.0. The molecule has 0 unspecified atom stereocenters. The lowest BCUT2D eigenvalue weighted by Gasteiger charge is -2.19. The molecule has 19 heavy (non-hydrogen) atoms. The Bertz CT molecular complexity index is 545. The van der Waals surface area contributed by atoms with Crippen molar-refractivity contribution in [3.05, 3.63) is 70.3 Å². The lowest BCUT2D eigenvalue weighted by molar-refractivity contribution is 0.530. The molecule has 2 nitrogen and oxygen atoms in total. The Hall–Kier alpha value is -1.78. The number of aryl methyl sites for hydroxylation is 2. The predicted octanol–water partition coefficient (Wildman–Crippen LogP) is 3.13. The Morgan fingerprint density at radius 3 is 1.68 bits per heavy atom. The van der Waals surface area contributed by atoms with E-state index in [1.165, 1.54) is 12.1 Å². The fraction of sp³-hybridized carbons (Fsp3) is 0.200. The van der Waals surface area contributed by atoms with Crippen molar-refractivity contribution >= 4 is 0 Å². The molecule has 0 fully saturated rings. The van der Waals surface area contributed by atoms with Gasteiger partial charge in [-0.05, 0) is 26.0 Å². The first-order chi connectivity index (χ1) is 9.02. The Morgan fingerprint density at radius 2 is 1.32 bits per heavy atom. The van der Waals surface area contributed by atoms with Crippen molar-refractivity contribution in [1.29, 1.82) is 0 Å². The average Bonchev–Trinajstić information content (AvgIpc) is 2.38. The van der Waals surface area contributed by atoms with Gasteiger partial charge in [0.25, 0.3) is 0 Å². The summed E-state index contributed by atoms with van der Waals surface area (Å²) in [5.41, 5.74) is 4.96. The second-order valence-corrected chi connectivity index (χ2v) is 4.65. The van der Waals surface area contributed by atoms with Crippen LogP contribution in [-0.4, -0.2) is 0 Å². The van der Waals surface area contributed by atoms with Gasteiger partial charge in [0.2, 0.25) is 0 Å². The Balaban J connectivity index is 2.55. The van der Waals surface area contributed by atoms with Crippen LogP contribution in [0.5, 0.6) is 0 Å². The van der Waals surface area contributed by atoms with E-state index in [0.29, 0.717) is 11.1 Å². The predicted molar refractivity (Wildman–Crippen MR) is 71.4 cm³/mol. The number of nitrogens with two attached hydrogens (primary N) is 1. The van der Waals surface area contributed by atoms with Gasteiger partial charge in [0, 0.05) is 11.1 Å². The SMILES string of the molecule is Cc1ccc(F)c(C(NN)c2cc(C)ccc2F)c1. The van der Waals surface area contributed by atoms with Crippen molar-refractivity contribution in [3.8, 4) is 0 Å². The summed E-state index contributed by atoms with van der Waals surface area (Å²) in [5.74, 6) is 4.68. The van der Waals surface area contributed by atoms with Crippen LogP contribution in [0.3, 0.4) is 0 Å². The van der Waals surface area contributed by atoms with Crippen LogP contribution in [0.15, 0.2) is 36.4 Å². The molecular formula is C15H16F2N2. The first kappa shape index (κ1) is 13.6. The normalized spacial score (nSPS) is 11.1. The van der Waals surface area contributed by atoms with Crippen LogP contribution in [0.2, 0.25) is 0 Å². The second-order valence-electron chi connectivity index (χ2n) is 4.65. The molecule has 100 valence electrons. The smallest absolute Gasteiger partial charge is 0.128 e. The zero-order valence-corrected chi connectivity index (χ0v) is 10.9. The maximum Gasteiger partial charge on any atom is 0.128 e.